The summed E-state index contributed by atoms with van der Waals surface area (Å²) in [7, 11) is 1.59. The first-order valence-electron chi connectivity index (χ1n) is 9.35. The molecule has 12 heteroatoms. The van der Waals surface area contributed by atoms with Crippen molar-refractivity contribution < 1.29 is 9.53 Å². The van der Waals surface area contributed by atoms with E-state index in [9.17, 15) is 4.79 Å². The highest BCUT2D eigenvalue weighted by Crippen LogP contribution is 2.28. The summed E-state index contributed by atoms with van der Waals surface area (Å²) in [5.41, 5.74) is 3.03. The number of aryl methyl sites for hydroxylation is 2. The number of carbonyl (C=O) groups excluding carboxylic acids is 1. The van der Waals surface area contributed by atoms with E-state index in [0.29, 0.717) is 39.3 Å². The molecule has 0 saturated carbocycles. The normalized spacial score (nSPS) is 12.2. The summed E-state index contributed by atoms with van der Waals surface area (Å²) in [5.74, 6) is 1.01. The number of pyridine rings is 1. The van der Waals surface area contributed by atoms with Gasteiger partial charge in [0.25, 0.3) is 0 Å². The zero-order valence-electron chi connectivity index (χ0n) is 17.3. The molecule has 2 amide bonds. The number of rotatable bonds is 5. The lowest BCUT2D eigenvalue weighted by atomic mass is 10.1. The SMILES string of the molecule is CO[C@@H](C)c1c(NC(=O)Nc2cnc(-n3cnc(C)n3)c(Cl)c2)cnn2cc(C)nc12. The van der Waals surface area contributed by atoms with E-state index in [1.165, 1.54) is 17.2 Å². The Bertz CT molecular complexity index is 1270. The Morgan fingerprint density at radius 1 is 1.23 bits per heavy atom. The lowest BCUT2D eigenvalue weighted by molar-refractivity contribution is 0.120. The van der Waals surface area contributed by atoms with Crippen LogP contribution in [0.15, 0.2) is 31.0 Å². The van der Waals surface area contributed by atoms with Gasteiger partial charge < -0.3 is 15.4 Å². The maximum atomic E-state index is 12.6. The van der Waals surface area contributed by atoms with Crippen molar-refractivity contribution in [3.05, 3.63) is 53.1 Å². The van der Waals surface area contributed by atoms with Crippen LogP contribution in [0, 0.1) is 13.8 Å². The second kappa shape index (κ2) is 8.28. The third-order valence-corrected chi connectivity index (χ3v) is 4.84. The van der Waals surface area contributed by atoms with Crippen LogP contribution >= 0.6 is 11.6 Å². The molecule has 0 bridgehead atoms. The number of hydrogen-bond acceptors (Lipinski definition) is 7. The molecule has 0 aromatic carbocycles. The summed E-state index contributed by atoms with van der Waals surface area (Å²) in [4.78, 5) is 25.5. The number of carbonyl (C=O) groups is 1. The lowest BCUT2D eigenvalue weighted by Gasteiger charge is -2.16. The van der Waals surface area contributed by atoms with Gasteiger partial charge in [0.1, 0.15) is 12.2 Å². The molecular weight excluding hydrogens is 422 g/mol. The molecular formula is C19H20ClN9O2. The first-order chi connectivity index (χ1) is 14.9. The van der Waals surface area contributed by atoms with Gasteiger partial charge in [-0.05, 0) is 26.8 Å². The minimum atomic E-state index is -0.485. The fourth-order valence-electron chi connectivity index (χ4n) is 3.09. The van der Waals surface area contributed by atoms with Crippen LogP contribution in [0.2, 0.25) is 5.02 Å². The number of nitrogens with one attached hydrogen (secondary N) is 2. The number of anilines is 2. The molecule has 0 aliphatic carbocycles. The molecule has 0 saturated heterocycles. The monoisotopic (exact) mass is 441 g/mol. The quantitative estimate of drug-likeness (QED) is 0.486. The van der Waals surface area contributed by atoms with E-state index < -0.39 is 6.03 Å². The van der Waals surface area contributed by atoms with Gasteiger partial charge in [-0.3, -0.25) is 0 Å². The van der Waals surface area contributed by atoms with Crippen molar-refractivity contribution >= 4 is 34.7 Å². The number of ether oxygens (including phenoxy) is 1. The molecule has 11 nitrogen and oxygen atoms in total. The van der Waals surface area contributed by atoms with Crippen molar-refractivity contribution in [3.8, 4) is 5.82 Å². The van der Waals surface area contributed by atoms with Crippen LogP contribution in [0.25, 0.3) is 11.5 Å². The Labute approximate surface area is 182 Å². The molecule has 31 heavy (non-hydrogen) atoms. The van der Waals surface area contributed by atoms with Crippen LogP contribution in [0.5, 0.6) is 0 Å². The van der Waals surface area contributed by atoms with Crippen molar-refractivity contribution in [2.24, 2.45) is 0 Å². The number of halogens is 1. The molecule has 160 valence electrons. The van der Waals surface area contributed by atoms with Gasteiger partial charge in [-0.1, -0.05) is 11.6 Å². The predicted molar refractivity (Wildman–Crippen MR) is 115 cm³/mol. The highest BCUT2D eigenvalue weighted by molar-refractivity contribution is 6.32. The topological polar surface area (TPSA) is 124 Å². The van der Waals surface area contributed by atoms with Crippen molar-refractivity contribution in [2.75, 3.05) is 17.7 Å². The molecule has 4 rings (SSSR count). The zero-order chi connectivity index (χ0) is 22.1. The van der Waals surface area contributed by atoms with E-state index in [4.69, 9.17) is 16.3 Å². The molecule has 0 aliphatic heterocycles. The van der Waals surface area contributed by atoms with Crippen LogP contribution in [0.1, 0.15) is 30.1 Å². The zero-order valence-corrected chi connectivity index (χ0v) is 18.0. The molecule has 1 atom stereocenters. The van der Waals surface area contributed by atoms with Crippen molar-refractivity contribution in [1.82, 2.24) is 34.3 Å². The summed E-state index contributed by atoms with van der Waals surface area (Å²) in [6, 6.07) is 1.10. The van der Waals surface area contributed by atoms with Crippen LogP contribution in [-0.4, -0.2) is 47.5 Å². The number of urea groups is 1. The van der Waals surface area contributed by atoms with E-state index in [-0.39, 0.29) is 6.10 Å². The Morgan fingerprint density at radius 2 is 2.03 bits per heavy atom. The summed E-state index contributed by atoms with van der Waals surface area (Å²) >= 11 is 6.31. The fraction of sp³-hybridized carbons (Fsp3) is 0.263. The van der Waals surface area contributed by atoms with E-state index in [0.717, 1.165) is 5.69 Å². The number of fused-ring (bicyclic) bond motifs is 1. The van der Waals surface area contributed by atoms with Gasteiger partial charge in [-0.25, -0.2) is 28.9 Å². The molecule has 0 aliphatic rings. The standard InChI is InChI=1S/C19H20ClN9O2/c1-10-8-28-18(24-10)16(11(2)31-4)15(7-23-28)26-19(30)25-13-5-14(20)17(21-6-13)29-9-22-12(3)27-29/h5-9,11H,1-4H3,(H2,25,26,30)/t11-/m0/s1. The highest BCUT2D eigenvalue weighted by atomic mass is 35.5. The molecule has 0 spiro atoms. The van der Waals surface area contributed by atoms with Crippen LogP contribution in [-0.2, 0) is 4.74 Å². The van der Waals surface area contributed by atoms with Gasteiger partial charge in [-0.2, -0.15) is 10.2 Å². The second-order valence-corrected chi connectivity index (χ2v) is 7.25. The highest BCUT2D eigenvalue weighted by Gasteiger charge is 2.19. The summed E-state index contributed by atoms with van der Waals surface area (Å²) in [6.07, 6.45) is 6.04. The summed E-state index contributed by atoms with van der Waals surface area (Å²) < 4.78 is 8.59. The number of aromatic nitrogens is 7. The second-order valence-electron chi connectivity index (χ2n) is 6.85. The van der Waals surface area contributed by atoms with Gasteiger partial charge in [-0.15, -0.1) is 0 Å². The molecule has 0 unspecified atom stereocenters. The van der Waals surface area contributed by atoms with Crippen LogP contribution < -0.4 is 10.6 Å². The molecule has 4 aromatic heterocycles. The van der Waals surface area contributed by atoms with Crippen molar-refractivity contribution in [3.63, 3.8) is 0 Å². The van der Waals surface area contributed by atoms with Gasteiger partial charge >= 0.3 is 6.03 Å². The van der Waals surface area contributed by atoms with E-state index in [1.54, 1.807) is 37.0 Å². The molecule has 4 aromatic rings. The van der Waals surface area contributed by atoms with Gasteiger partial charge in [0.05, 0.1) is 52.3 Å². The lowest BCUT2D eigenvalue weighted by Crippen LogP contribution is -2.21. The molecule has 0 radical (unpaired) electrons. The Hall–Kier alpha value is -3.57. The molecule has 2 N–H and O–H groups in total. The largest absolute Gasteiger partial charge is 0.377 e. The first kappa shape index (κ1) is 20.7. The average molecular weight is 442 g/mol. The number of amides is 2. The van der Waals surface area contributed by atoms with Gasteiger partial charge in [0.2, 0.25) is 0 Å². The van der Waals surface area contributed by atoms with E-state index in [2.05, 4.69) is 35.8 Å². The number of imidazole rings is 1. The maximum Gasteiger partial charge on any atom is 0.323 e. The van der Waals surface area contributed by atoms with Crippen molar-refractivity contribution in [2.45, 2.75) is 26.9 Å². The minimum Gasteiger partial charge on any atom is -0.377 e. The van der Waals surface area contributed by atoms with Crippen LogP contribution in [0.4, 0.5) is 16.2 Å². The summed E-state index contributed by atoms with van der Waals surface area (Å²) in [5, 5.41) is 14.3. The number of methoxy groups -OCH3 is 1. The Kier molecular flexibility index (Phi) is 5.53. The van der Waals surface area contributed by atoms with Gasteiger partial charge in [0.15, 0.2) is 11.5 Å². The third-order valence-electron chi connectivity index (χ3n) is 4.56. The maximum absolute atomic E-state index is 12.6. The van der Waals surface area contributed by atoms with Crippen molar-refractivity contribution in [1.29, 1.82) is 0 Å². The van der Waals surface area contributed by atoms with E-state index >= 15 is 0 Å². The summed E-state index contributed by atoms with van der Waals surface area (Å²) in [6.45, 7) is 5.51. The Morgan fingerprint density at radius 3 is 2.71 bits per heavy atom. The number of hydrogen-bond donors (Lipinski definition) is 2. The average Bonchev–Trinajstić information content (AvgIpc) is 3.32. The smallest absolute Gasteiger partial charge is 0.323 e. The van der Waals surface area contributed by atoms with E-state index in [1.807, 2.05) is 13.8 Å². The van der Waals surface area contributed by atoms with Crippen LogP contribution in [0.3, 0.4) is 0 Å². The number of nitrogens with zero attached hydrogens (tertiary/aromatic N) is 7. The van der Waals surface area contributed by atoms with Gasteiger partial charge in [0, 0.05) is 7.11 Å². The third kappa shape index (κ3) is 4.18. The molecule has 4 heterocycles. The fourth-order valence-corrected chi connectivity index (χ4v) is 3.34. The predicted octanol–water partition coefficient (Wildman–Crippen LogP) is 3.33. The molecule has 0 fully saturated rings. The first-order valence-corrected chi connectivity index (χ1v) is 9.73. The minimum absolute atomic E-state index is 0.312. The Balaban J connectivity index is 1.56.